The zero-order chi connectivity index (χ0) is 18.5. The number of nitrogens with zero attached hydrogens (tertiary/aromatic N) is 2. The van der Waals surface area contributed by atoms with E-state index in [-0.39, 0.29) is 17.7 Å². The monoisotopic (exact) mass is 349 g/mol. The van der Waals surface area contributed by atoms with Crippen LogP contribution in [-0.4, -0.2) is 30.7 Å². The highest BCUT2D eigenvalue weighted by atomic mass is 16.5. The van der Waals surface area contributed by atoms with Crippen LogP contribution in [0.2, 0.25) is 0 Å². The van der Waals surface area contributed by atoms with Crippen molar-refractivity contribution in [1.29, 1.82) is 0 Å². The number of hydrogen-bond donors (Lipinski definition) is 1. The lowest BCUT2D eigenvalue weighted by molar-refractivity contribution is 0.0915. The Morgan fingerprint density at radius 2 is 1.85 bits per heavy atom. The van der Waals surface area contributed by atoms with Gasteiger partial charge in [-0.25, -0.2) is 0 Å². The Morgan fingerprint density at radius 1 is 1.15 bits per heavy atom. The number of carbonyl (C=O) groups is 1. The molecule has 0 aliphatic rings. The molecule has 5 heteroatoms. The first-order valence-corrected chi connectivity index (χ1v) is 8.64. The third-order valence-corrected chi connectivity index (χ3v) is 4.46. The zero-order valence-corrected chi connectivity index (χ0v) is 15.3. The molecule has 1 aromatic heterocycles. The van der Waals surface area contributed by atoms with Gasteiger partial charge in [0.1, 0.15) is 5.69 Å². The first kappa shape index (κ1) is 17.7. The number of amides is 1. The van der Waals surface area contributed by atoms with Gasteiger partial charge in [-0.05, 0) is 26.0 Å². The molecule has 3 rings (SSSR count). The quantitative estimate of drug-likeness (QED) is 0.733. The number of carbonyl (C=O) groups excluding carboxylic acids is 1. The number of para-hydroxylation sites is 1. The highest BCUT2D eigenvalue weighted by Gasteiger charge is 2.16. The Hall–Kier alpha value is -3.08. The van der Waals surface area contributed by atoms with E-state index in [9.17, 15) is 4.79 Å². The van der Waals surface area contributed by atoms with Crippen LogP contribution in [0.1, 0.15) is 23.0 Å². The minimum Gasteiger partial charge on any atom is -0.370 e. The maximum absolute atomic E-state index is 12.3. The average molecular weight is 349 g/mol. The van der Waals surface area contributed by atoms with Crippen molar-refractivity contribution in [3.05, 3.63) is 72.0 Å². The molecule has 0 fully saturated rings. The first-order chi connectivity index (χ1) is 12.5. The van der Waals surface area contributed by atoms with Gasteiger partial charge >= 0.3 is 0 Å². The first-order valence-electron chi connectivity index (χ1n) is 8.64. The number of nitrogens with one attached hydrogen (secondary N) is 1. The molecule has 1 amide bonds. The smallest absolute Gasteiger partial charge is 0.289 e. The molecule has 26 heavy (non-hydrogen) atoms. The summed E-state index contributed by atoms with van der Waals surface area (Å²) < 4.78 is 5.21. The molecule has 0 aliphatic carbocycles. The molecule has 3 aromatic rings. The number of hydrogen-bond acceptors (Lipinski definition) is 4. The molecule has 0 bridgehead atoms. The Bertz CT molecular complexity index is 856. The summed E-state index contributed by atoms with van der Waals surface area (Å²) in [4.78, 5) is 14.5. The third kappa shape index (κ3) is 4.11. The summed E-state index contributed by atoms with van der Waals surface area (Å²) >= 11 is 0. The van der Waals surface area contributed by atoms with Crippen molar-refractivity contribution in [3.8, 4) is 11.3 Å². The van der Waals surface area contributed by atoms with E-state index in [0.29, 0.717) is 12.2 Å². The van der Waals surface area contributed by atoms with Gasteiger partial charge in [-0.1, -0.05) is 53.2 Å². The molecule has 0 spiro atoms. The molecule has 0 aliphatic heterocycles. The van der Waals surface area contributed by atoms with Crippen LogP contribution in [0, 0.1) is 6.92 Å². The van der Waals surface area contributed by atoms with E-state index >= 15 is 0 Å². The molecule has 1 heterocycles. The summed E-state index contributed by atoms with van der Waals surface area (Å²) in [5.74, 6) is -0.0423. The van der Waals surface area contributed by atoms with E-state index in [2.05, 4.69) is 22.3 Å². The molecular weight excluding hydrogens is 326 g/mol. The molecule has 0 radical (unpaired) electrons. The van der Waals surface area contributed by atoms with Gasteiger partial charge in [-0.15, -0.1) is 0 Å². The van der Waals surface area contributed by atoms with E-state index in [0.717, 1.165) is 11.3 Å². The summed E-state index contributed by atoms with van der Waals surface area (Å²) in [6, 6.07) is 19.8. The lowest BCUT2D eigenvalue weighted by atomic mass is 10.1. The van der Waals surface area contributed by atoms with E-state index in [4.69, 9.17) is 4.52 Å². The van der Waals surface area contributed by atoms with Crippen molar-refractivity contribution in [1.82, 2.24) is 10.5 Å². The molecule has 134 valence electrons. The lowest BCUT2D eigenvalue weighted by Gasteiger charge is -2.27. The van der Waals surface area contributed by atoms with E-state index in [1.165, 1.54) is 5.56 Å². The van der Waals surface area contributed by atoms with Crippen LogP contribution in [-0.2, 0) is 0 Å². The second kappa shape index (κ2) is 7.87. The van der Waals surface area contributed by atoms with E-state index in [1.807, 2.05) is 68.6 Å². The van der Waals surface area contributed by atoms with Crippen molar-refractivity contribution in [2.24, 2.45) is 0 Å². The van der Waals surface area contributed by atoms with Gasteiger partial charge in [0.25, 0.3) is 5.91 Å². The van der Waals surface area contributed by atoms with Gasteiger partial charge in [-0.3, -0.25) is 4.79 Å². The predicted molar refractivity (Wildman–Crippen MR) is 103 cm³/mol. The number of aryl methyl sites for hydroxylation is 1. The maximum atomic E-state index is 12.3. The van der Waals surface area contributed by atoms with E-state index < -0.39 is 0 Å². The van der Waals surface area contributed by atoms with Gasteiger partial charge in [0, 0.05) is 37.0 Å². The van der Waals surface area contributed by atoms with Crippen LogP contribution in [0.25, 0.3) is 11.3 Å². The number of benzene rings is 2. The van der Waals surface area contributed by atoms with Crippen LogP contribution in [0.15, 0.2) is 65.2 Å². The SMILES string of the molecule is Cc1ccc(-c2cc(C(=O)NCC(C)N(C)c3ccccc3)on2)cc1. The Morgan fingerprint density at radius 3 is 2.54 bits per heavy atom. The van der Waals surface area contributed by atoms with Crippen molar-refractivity contribution < 1.29 is 9.32 Å². The van der Waals surface area contributed by atoms with Gasteiger partial charge < -0.3 is 14.7 Å². The highest BCUT2D eigenvalue weighted by Crippen LogP contribution is 2.19. The van der Waals surface area contributed by atoms with Crippen molar-refractivity contribution in [3.63, 3.8) is 0 Å². The fraction of sp³-hybridized carbons (Fsp3) is 0.238. The average Bonchev–Trinajstić information content (AvgIpc) is 3.16. The number of rotatable bonds is 6. The largest absolute Gasteiger partial charge is 0.370 e. The highest BCUT2D eigenvalue weighted by molar-refractivity contribution is 5.92. The molecule has 0 saturated heterocycles. The minimum atomic E-state index is -0.260. The van der Waals surface area contributed by atoms with Gasteiger partial charge in [-0.2, -0.15) is 0 Å². The molecule has 2 aromatic carbocycles. The van der Waals surface area contributed by atoms with Crippen LogP contribution < -0.4 is 10.2 Å². The van der Waals surface area contributed by atoms with Gasteiger partial charge in [0.05, 0.1) is 0 Å². The summed E-state index contributed by atoms with van der Waals surface area (Å²) in [7, 11) is 2.01. The standard InChI is InChI=1S/C21H23N3O2/c1-15-9-11-17(12-10-15)19-13-20(26-23-19)21(25)22-14-16(2)24(3)18-7-5-4-6-8-18/h4-13,16H,14H2,1-3H3,(H,22,25). The molecular formula is C21H23N3O2. The zero-order valence-electron chi connectivity index (χ0n) is 15.3. The second-order valence-electron chi connectivity index (χ2n) is 6.45. The summed E-state index contributed by atoms with van der Waals surface area (Å²) in [5, 5.41) is 6.91. The van der Waals surface area contributed by atoms with Crippen LogP contribution in [0.4, 0.5) is 5.69 Å². The topological polar surface area (TPSA) is 58.4 Å². The fourth-order valence-electron chi connectivity index (χ4n) is 2.62. The van der Waals surface area contributed by atoms with Gasteiger partial charge in [0.15, 0.2) is 0 Å². The Kier molecular flexibility index (Phi) is 5.37. The molecule has 5 nitrogen and oxygen atoms in total. The minimum absolute atomic E-state index is 0.140. The summed E-state index contributed by atoms with van der Waals surface area (Å²) in [6.07, 6.45) is 0. The summed E-state index contributed by atoms with van der Waals surface area (Å²) in [6.45, 7) is 4.59. The van der Waals surface area contributed by atoms with Crippen molar-refractivity contribution in [2.45, 2.75) is 19.9 Å². The Balaban J connectivity index is 1.59. The van der Waals surface area contributed by atoms with Crippen molar-refractivity contribution >= 4 is 11.6 Å². The third-order valence-electron chi connectivity index (χ3n) is 4.46. The van der Waals surface area contributed by atoms with Crippen LogP contribution >= 0.6 is 0 Å². The normalized spacial score (nSPS) is 11.8. The van der Waals surface area contributed by atoms with Crippen LogP contribution in [0.5, 0.6) is 0 Å². The molecule has 1 N–H and O–H groups in total. The number of aromatic nitrogens is 1. The lowest BCUT2D eigenvalue weighted by Crippen LogP contribution is -2.40. The Labute approximate surface area is 153 Å². The predicted octanol–water partition coefficient (Wildman–Crippen LogP) is 3.90. The summed E-state index contributed by atoms with van der Waals surface area (Å²) in [5.41, 5.74) is 3.86. The molecule has 1 unspecified atom stereocenters. The molecule has 1 atom stereocenters. The fourth-order valence-corrected chi connectivity index (χ4v) is 2.62. The second-order valence-corrected chi connectivity index (χ2v) is 6.45. The number of likely N-dealkylation sites (N-methyl/N-ethyl adjacent to an activating group) is 1. The van der Waals surface area contributed by atoms with Crippen LogP contribution in [0.3, 0.4) is 0 Å². The maximum Gasteiger partial charge on any atom is 0.289 e. The van der Waals surface area contributed by atoms with Gasteiger partial charge in [0.2, 0.25) is 5.76 Å². The molecule has 0 saturated carbocycles. The van der Waals surface area contributed by atoms with E-state index in [1.54, 1.807) is 6.07 Å². The van der Waals surface area contributed by atoms with Crippen molar-refractivity contribution in [2.75, 3.05) is 18.5 Å². The number of anilines is 1.